The van der Waals surface area contributed by atoms with Gasteiger partial charge in [0, 0.05) is 13.1 Å². The minimum atomic E-state index is -3.44. The summed E-state index contributed by atoms with van der Waals surface area (Å²) in [7, 11) is -3.44. The molecular formula is C12H23ClN4O2S. The van der Waals surface area contributed by atoms with Crippen molar-refractivity contribution in [2.24, 2.45) is 5.92 Å². The molecule has 0 spiro atoms. The third-order valence-corrected chi connectivity index (χ3v) is 4.85. The van der Waals surface area contributed by atoms with Crippen LogP contribution < -0.4 is 10.0 Å². The van der Waals surface area contributed by atoms with Crippen molar-refractivity contribution in [2.45, 2.75) is 37.8 Å². The smallest absolute Gasteiger partial charge is 0.257 e. The van der Waals surface area contributed by atoms with Crippen molar-refractivity contribution in [1.29, 1.82) is 0 Å². The van der Waals surface area contributed by atoms with Crippen molar-refractivity contribution >= 4 is 22.4 Å². The second kappa shape index (κ2) is 7.97. The third-order valence-electron chi connectivity index (χ3n) is 3.41. The SMILES string of the molecule is CCCn1nccc1S(=O)(=O)NCC1CCNCC1.Cl. The maximum atomic E-state index is 12.2. The molecule has 1 aromatic rings. The molecule has 0 aliphatic carbocycles. The Labute approximate surface area is 126 Å². The van der Waals surface area contributed by atoms with E-state index in [1.54, 1.807) is 10.7 Å². The number of aromatic nitrogens is 2. The Morgan fingerprint density at radius 3 is 2.80 bits per heavy atom. The van der Waals surface area contributed by atoms with E-state index in [4.69, 9.17) is 0 Å². The topological polar surface area (TPSA) is 76.0 Å². The molecule has 1 fully saturated rings. The first-order valence-electron chi connectivity index (χ1n) is 6.85. The highest BCUT2D eigenvalue weighted by Gasteiger charge is 2.21. The molecule has 0 atom stereocenters. The van der Waals surface area contributed by atoms with Gasteiger partial charge in [0.2, 0.25) is 0 Å². The average molecular weight is 323 g/mol. The fourth-order valence-corrected chi connectivity index (χ4v) is 3.57. The van der Waals surface area contributed by atoms with E-state index < -0.39 is 10.0 Å². The lowest BCUT2D eigenvalue weighted by atomic mass is 9.99. The van der Waals surface area contributed by atoms with Gasteiger partial charge in [-0.05, 0) is 44.3 Å². The highest BCUT2D eigenvalue weighted by molar-refractivity contribution is 7.89. The summed E-state index contributed by atoms with van der Waals surface area (Å²) in [5.74, 6) is 0.429. The Balaban J connectivity index is 0.00000200. The van der Waals surface area contributed by atoms with Gasteiger partial charge in [0.25, 0.3) is 10.0 Å². The van der Waals surface area contributed by atoms with E-state index >= 15 is 0 Å². The van der Waals surface area contributed by atoms with E-state index in [2.05, 4.69) is 15.1 Å². The lowest BCUT2D eigenvalue weighted by Crippen LogP contribution is -2.36. The summed E-state index contributed by atoms with van der Waals surface area (Å²) in [5, 5.41) is 7.60. The average Bonchev–Trinajstić information content (AvgIpc) is 2.87. The van der Waals surface area contributed by atoms with Crippen LogP contribution in [0.4, 0.5) is 0 Å². The van der Waals surface area contributed by atoms with Crippen LogP contribution in [0.3, 0.4) is 0 Å². The first kappa shape index (κ1) is 17.4. The highest BCUT2D eigenvalue weighted by atomic mass is 35.5. The molecule has 0 saturated carbocycles. The Kier molecular flexibility index (Phi) is 6.94. The normalized spacial score (nSPS) is 16.9. The molecule has 0 amide bonds. The summed E-state index contributed by atoms with van der Waals surface area (Å²) in [6.45, 7) is 5.08. The molecule has 116 valence electrons. The van der Waals surface area contributed by atoms with Crippen molar-refractivity contribution in [2.75, 3.05) is 19.6 Å². The molecule has 1 aliphatic heterocycles. The van der Waals surface area contributed by atoms with Crippen LogP contribution in [-0.2, 0) is 16.6 Å². The fraction of sp³-hybridized carbons (Fsp3) is 0.750. The summed E-state index contributed by atoms with van der Waals surface area (Å²) < 4.78 is 28.7. The van der Waals surface area contributed by atoms with E-state index in [-0.39, 0.29) is 17.4 Å². The zero-order valence-electron chi connectivity index (χ0n) is 11.7. The Morgan fingerprint density at radius 2 is 2.15 bits per heavy atom. The molecule has 1 aromatic heterocycles. The summed E-state index contributed by atoms with van der Waals surface area (Å²) in [4.78, 5) is 0. The van der Waals surface area contributed by atoms with Crippen molar-refractivity contribution < 1.29 is 8.42 Å². The molecular weight excluding hydrogens is 300 g/mol. The van der Waals surface area contributed by atoms with Gasteiger partial charge in [0.1, 0.15) is 0 Å². The second-order valence-corrected chi connectivity index (χ2v) is 6.65. The molecule has 0 aromatic carbocycles. The number of hydrogen-bond donors (Lipinski definition) is 2. The van der Waals surface area contributed by atoms with Crippen LogP contribution in [0.2, 0.25) is 0 Å². The van der Waals surface area contributed by atoms with E-state index in [0.717, 1.165) is 32.4 Å². The maximum Gasteiger partial charge on any atom is 0.257 e. The van der Waals surface area contributed by atoms with Crippen LogP contribution in [0.25, 0.3) is 0 Å². The monoisotopic (exact) mass is 322 g/mol. The first-order valence-corrected chi connectivity index (χ1v) is 8.34. The van der Waals surface area contributed by atoms with Gasteiger partial charge < -0.3 is 5.32 Å². The van der Waals surface area contributed by atoms with Crippen LogP contribution in [0.15, 0.2) is 17.3 Å². The van der Waals surface area contributed by atoms with Crippen molar-refractivity contribution in [1.82, 2.24) is 19.8 Å². The molecule has 6 nitrogen and oxygen atoms in total. The van der Waals surface area contributed by atoms with Crippen LogP contribution in [-0.4, -0.2) is 37.8 Å². The molecule has 1 aliphatic rings. The van der Waals surface area contributed by atoms with Crippen molar-refractivity contribution in [3.63, 3.8) is 0 Å². The molecule has 0 unspecified atom stereocenters. The van der Waals surface area contributed by atoms with Crippen molar-refractivity contribution in [3.8, 4) is 0 Å². The number of hydrogen-bond acceptors (Lipinski definition) is 4. The summed E-state index contributed by atoms with van der Waals surface area (Å²) in [6, 6.07) is 1.56. The number of nitrogens with one attached hydrogen (secondary N) is 2. The number of rotatable bonds is 6. The van der Waals surface area contributed by atoms with Gasteiger partial charge in [-0.2, -0.15) is 5.10 Å². The zero-order chi connectivity index (χ0) is 13.7. The summed E-state index contributed by atoms with van der Waals surface area (Å²) in [5.41, 5.74) is 0. The quantitative estimate of drug-likeness (QED) is 0.819. The highest BCUT2D eigenvalue weighted by Crippen LogP contribution is 2.13. The Morgan fingerprint density at radius 1 is 1.45 bits per heavy atom. The van der Waals surface area contributed by atoms with E-state index in [9.17, 15) is 8.42 Å². The lowest BCUT2D eigenvalue weighted by molar-refractivity contribution is 0.372. The van der Waals surface area contributed by atoms with E-state index in [1.165, 1.54) is 6.20 Å². The number of halogens is 1. The predicted octanol–water partition coefficient (Wildman–Crippen LogP) is 0.993. The maximum absolute atomic E-state index is 12.2. The molecule has 1 saturated heterocycles. The van der Waals surface area contributed by atoms with Crippen LogP contribution >= 0.6 is 12.4 Å². The van der Waals surface area contributed by atoms with Crippen LogP contribution in [0.1, 0.15) is 26.2 Å². The zero-order valence-corrected chi connectivity index (χ0v) is 13.3. The Hall–Kier alpha value is -0.630. The van der Waals surface area contributed by atoms with Gasteiger partial charge in [-0.3, -0.25) is 4.68 Å². The van der Waals surface area contributed by atoms with Gasteiger partial charge >= 0.3 is 0 Å². The van der Waals surface area contributed by atoms with Crippen molar-refractivity contribution in [3.05, 3.63) is 12.3 Å². The minimum Gasteiger partial charge on any atom is -0.317 e. The van der Waals surface area contributed by atoms with E-state index in [1.807, 2.05) is 6.92 Å². The molecule has 0 radical (unpaired) electrons. The van der Waals surface area contributed by atoms with E-state index in [0.29, 0.717) is 19.0 Å². The fourth-order valence-electron chi connectivity index (χ4n) is 2.32. The summed E-state index contributed by atoms with van der Waals surface area (Å²) >= 11 is 0. The minimum absolute atomic E-state index is 0. The number of piperidine rings is 1. The van der Waals surface area contributed by atoms with Gasteiger partial charge in [-0.25, -0.2) is 13.1 Å². The molecule has 2 N–H and O–H groups in total. The predicted molar refractivity (Wildman–Crippen MR) is 80.5 cm³/mol. The summed E-state index contributed by atoms with van der Waals surface area (Å²) in [6.07, 6.45) is 4.45. The molecule has 8 heteroatoms. The largest absolute Gasteiger partial charge is 0.317 e. The van der Waals surface area contributed by atoms with Gasteiger partial charge in [0.05, 0.1) is 6.20 Å². The van der Waals surface area contributed by atoms with Crippen LogP contribution in [0, 0.1) is 5.92 Å². The molecule has 2 rings (SSSR count). The Bertz CT molecular complexity index is 497. The standard InChI is InChI=1S/C12H22N4O2S.ClH/c1-2-9-16-12(5-8-14-16)19(17,18)15-10-11-3-6-13-7-4-11;/h5,8,11,13,15H,2-4,6-7,9-10H2,1H3;1H. The number of sulfonamides is 1. The van der Waals surface area contributed by atoms with Crippen LogP contribution in [0.5, 0.6) is 0 Å². The van der Waals surface area contributed by atoms with Gasteiger partial charge in [-0.1, -0.05) is 6.92 Å². The first-order chi connectivity index (χ1) is 9.13. The number of nitrogens with zero attached hydrogens (tertiary/aromatic N) is 2. The van der Waals surface area contributed by atoms with Gasteiger partial charge in [0.15, 0.2) is 5.03 Å². The van der Waals surface area contributed by atoms with Gasteiger partial charge in [-0.15, -0.1) is 12.4 Å². The second-order valence-electron chi connectivity index (χ2n) is 4.94. The number of aryl methyl sites for hydroxylation is 1. The third kappa shape index (κ3) is 4.44. The molecule has 20 heavy (non-hydrogen) atoms. The molecule has 0 bridgehead atoms. The lowest BCUT2D eigenvalue weighted by Gasteiger charge is -2.22. The molecule has 2 heterocycles.